The molecule has 1 aliphatic rings. The Bertz CT molecular complexity index is 220. The van der Waals surface area contributed by atoms with Crippen molar-refractivity contribution in [3.05, 3.63) is 0 Å². The van der Waals surface area contributed by atoms with E-state index in [4.69, 9.17) is 5.11 Å². The minimum absolute atomic E-state index is 0.0971. The molecule has 1 rings (SSSR count). The lowest BCUT2D eigenvalue weighted by molar-refractivity contribution is -0.0628. The first kappa shape index (κ1) is 11.3. The van der Waals surface area contributed by atoms with Crippen molar-refractivity contribution in [2.45, 2.75) is 58.0 Å². The lowest BCUT2D eigenvalue weighted by atomic mass is 9.82. The number of rotatable bonds is 1. The molecule has 2 N–H and O–H groups in total. The van der Waals surface area contributed by atoms with E-state index in [-0.39, 0.29) is 11.1 Å². The standard InChI is InChI=1S/C10H20N2O2/c1-9(2)6-5-7-10(3,4)12(9)11-8(13)14/h11H,5-7H2,1-4H3,(H,13,14). The molecule has 1 saturated heterocycles. The summed E-state index contributed by atoms with van der Waals surface area (Å²) in [5.74, 6) is 0. The Kier molecular flexibility index (Phi) is 2.76. The van der Waals surface area contributed by atoms with E-state index < -0.39 is 6.09 Å². The van der Waals surface area contributed by atoms with Crippen LogP contribution in [0.15, 0.2) is 0 Å². The van der Waals surface area contributed by atoms with Crippen LogP contribution in [0.2, 0.25) is 0 Å². The van der Waals surface area contributed by atoms with Crippen LogP contribution < -0.4 is 5.43 Å². The lowest BCUT2D eigenvalue weighted by Crippen LogP contribution is -2.65. The van der Waals surface area contributed by atoms with Crippen LogP contribution in [0.3, 0.4) is 0 Å². The molecule has 1 heterocycles. The minimum Gasteiger partial charge on any atom is -0.464 e. The van der Waals surface area contributed by atoms with E-state index in [2.05, 4.69) is 33.1 Å². The number of nitrogens with zero attached hydrogens (tertiary/aromatic N) is 1. The molecule has 1 amide bonds. The number of piperidine rings is 1. The highest BCUT2D eigenvalue weighted by Gasteiger charge is 2.42. The van der Waals surface area contributed by atoms with Gasteiger partial charge in [0.1, 0.15) is 0 Å². The fourth-order valence-corrected chi connectivity index (χ4v) is 2.39. The van der Waals surface area contributed by atoms with Gasteiger partial charge in [-0.15, -0.1) is 0 Å². The van der Waals surface area contributed by atoms with Crippen LogP contribution in [0.1, 0.15) is 47.0 Å². The van der Waals surface area contributed by atoms with Gasteiger partial charge < -0.3 is 5.11 Å². The second kappa shape index (κ2) is 3.42. The molecule has 82 valence electrons. The first-order valence-electron chi connectivity index (χ1n) is 5.06. The van der Waals surface area contributed by atoms with E-state index in [1.165, 1.54) is 0 Å². The number of nitrogens with one attached hydrogen (secondary N) is 1. The monoisotopic (exact) mass is 200 g/mol. The average molecular weight is 200 g/mol. The molecule has 0 spiro atoms. The molecule has 1 aliphatic heterocycles. The van der Waals surface area contributed by atoms with Crippen LogP contribution in [0, 0.1) is 0 Å². The zero-order valence-electron chi connectivity index (χ0n) is 9.42. The molecule has 0 radical (unpaired) electrons. The topological polar surface area (TPSA) is 52.6 Å². The van der Waals surface area contributed by atoms with Crippen molar-refractivity contribution in [2.24, 2.45) is 0 Å². The molecule has 0 aromatic carbocycles. The Morgan fingerprint density at radius 3 is 2.00 bits per heavy atom. The average Bonchev–Trinajstić information content (AvgIpc) is 1.96. The maximum absolute atomic E-state index is 10.7. The van der Waals surface area contributed by atoms with E-state index >= 15 is 0 Å². The van der Waals surface area contributed by atoms with Gasteiger partial charge in [-0.3, -0.25) is 5.43 Å². The highest BCUT2D eigenvalue weighted by Crippen LogP contribution is 2.36. The van der Waals surface area contributed by atoms with E-state index in [0.29, 0.717) is 0 Å². The lowest BCUT2D eigenvalue weighted by Gasteiger charge is -2.51. The van der Waals surface area contributed by atoms with Gasteiger partial charge in [0.25, 0.3) is 0 Å². The first-order chi connectivity index (χ1) is 6.26. The predicted octanol–water partition coefficient (Wildman–Crippen LogP) is 2.21. The zero-order chi connectivity index (χ0) is 11.0. The van der Waals surface area contributed by atoms with Gasteiger partial charge in [-0.25, -0.2) is 9.80 Å². The summed E-state index contributed by atoms with van der Waals surface area (Å²) in [5.41, 5.74) is 2.32. The molecule has 0 aliphatic carbocycles. The van der Waals surface area contributed by atoms with Crippen LogP contribution in [0.5, 0.6) is 0 Å². The molecule has 0 unspecified atom stereocenters. The summed E-state index contributed by atoms with van der Waals surface area (Å²) < 4.78 is 0. The van der Waals surface area contributed by atoms with E-state index in [1.54, 1.807) is 0 Å². The summed E-state index contributed by atoms with van der Waals surface area (Å²) in [7, 11) is 0. The third-order valence-corrected chi connectivity index (χ3v) is 3.00. The van der Waals surface area contributed by atoms with Crippen molar-refractivity contribution < 1.29 is 9.90 Å². The van der Waals surface area contributed by atoms with Gasteiger partial charge in [-0.1, -0.05) is 0 Å². The molecular formula is C10H20N2O2. The van der Waals surface area contributed by atoms with Crippen molar-refractivity contribution in [2.75, 3.05) is 0 Å². The van der Waals surface area contributed by atoms with Crippen molar-refractivity contribution in [3.63, 3.8) is 0 Å². The Balaban J connectivity index is 2.85. The molecule has 0 bridgehead atoms. The van der Waals surface area contributed by atoms with Gasteiger partial charge in [0, 0.05) is 11.1 Å². The van der Waals surface area contributed by atoms with Crippen LogP contribution in [0.25, 0.3) is 0 Å². The Morgan fingerprint density at radius 1 is 1.21 bits per heavy atom. The van der Waals surface area contributed by atoms with Crippen LogP contribution >= 0.6 is 0 Å². The molecule has 0 saturated carbocycles. The molecule has 1 fully saturated rings. The van der Waals surface area contributed by atoms with Crippen molar-refractivity contribution in [1.29, 1.82) is 0 Å². The van der Waals surface area contributed by atoms with Gasteiger partial charge in [0.05, 0.1) is 0 Å². The second-order valence-corrected chi connectivity index (χ2v) is 5.23. The fourth-order valence-electron chi connectivity index (χ4n) is 2.39. The van der Waals surface area contributed by atoms with E-state index in [0.717, 1.165) is 19.3 Å². The number of carbonyl (C=O) groups is 1. The highest BCUT2D eigenvalue weighted by molar-refractivity contribution is 5.63. The van der Waals surface area contributed by atoms with Gasteiger partial charge in [0.15, 0.2) is 0 Å². The van der Waals surface area contributed by atoms with Crippen molar-refractivity contribution in [1.82, 2.24) is 10.4 Å². The summed E-state index contributed by atoms with van der Waals surface area (Å²) in [6, 6.07) is 0. The first-order valence-corrected chi connectivity index (χ1v) is 5.06. The van der Waals surface area contributed by atoms with E-state index in [1.807, 2.05) is 5.01 Å². The predicted molar refractivity (Wildman–Crippen MR) is 55.0 cm³/mol. The highest BCUT2D eigenvalue weighted by atomic mass is 16.4. The summed E-state index contributed by atoms with van der Waals surface area (Å²) in [5, 5.41) is 10.6. The Morgan fingerprint density at radius 2 is 1.64 bits per heavy atom. The Hall–Kier alpha value is -0.770. The summed E-state index contributed by atoms with van der Waals surface area (Å²) >= 11 is 0. The Labute approximate surface area is 85.3 Å². The zero-order valence-corrected chi connectivity index (χ0v) is 9.42. The van der Waals surface area contributed by atoms with Crippen LogP contribution in [-0.4, -0.2) is 27.3 Å². The molecule has 14 heavy (non-hydrogen) atoms. The number of hydrazine groups is 1. The summed E-state index contributed by atoms with van der Waals surface area (Å²) in [6.07, 6.45) is 2.22. The smallest absolute Gasteiger partial charge is 0.419 e. The number of hydrogen-bond acceptors (Lipinski definition) is 2. The molecule has 4 nitrogen and oxygen atoms in total. The van der Waals surface area contributed by atoms with Crippen LogP contribution in [0.4, 0.5) is 4.79 Å². The summed E-state index contributed by atoms with van der Waals surface area (Å²) in [4.78, 5) is 10.7. The quantitative estimate of drug-likeness (QED) is 0.682. The normalized spacial score (nSPS) is 25.7. The van der Waals surface area contributed by atoms with Gasteiger partial charge in [0.2, 0.25) is 0 Å². The largest absolute Gasteiger partial charge is 0.464 e. The SMILES string of the molecule is CC1(C)CCCC(C)(C)N1NC(=O)O. The molecule has 0 aromatic heterocycles. The molecule has 4 heteroatoms. The number of hydrogen-bond donors (Lipinski definition) is 2. The number of amides is 1. The fraction of sp³-hybridized carbons (Fsp3) is 0.900. The molecule has 0 aromatic rings. The van der Waals surface area contributed by atoms with Gasteiger partial charge in [-0.05, 0) is 47.0 Å². The number of carboxylic acid groups (broad SMARTS) is 1. The maximum Gasteiger partial charge on any atom is 0.419 e. The summed E-state index contributed by atoms with van der Waals surface area (Å²) in [6.45, 7) is 8.29. The molecular weight excluding hydrogens is 180 g/mol. The van der Waals surface area contributed by atoms with Crippen molar-refractivity contribution >= 4 is 6.09 Å². The maximum atomic E-state index is 10.7. The van der Waals surface area contributed by atoms with Gasteiger partial charge in [-0.2, -0.15) is 0 Å². The third kappa shape index (κ3) is 2.18. The molecule has 0 atom stereocenters. The van der Waals surface area contributed by atoms with Gasteiger partial charge >= 0.3 is 6.09 Å². The minimum atomic E-state index is -0.979. The second-order valence-electron chi connectivity index (χ2n) is 5.23. The van der Waals surface area contributed by atoms with Crippen molar-refractivity contribution in [3.8, 4) is 0 Å². The third-order valence-electron chi connectivity index (χ3n) is 3.00. The van der Waals surface area contributed by atoms with E-state index in [9.17, 15) is 4.79 Å². The van der Waals surface area contributed by atoms with Crippen LogP contribution in [-0.2, 0) is 0 Å².